The van der Waals surface area contributed by atoms with Gasteiger partial charge >= 0.3 is 0 Å². The molecule has 0 radical (unpaired) electrons. The monoisotopic (exact) mass is 203 g/mol. The van der Waals surface area contributed by atoms with Gasteiger partial charge in [0.15, 0.2) is 0 Å². The predicted molar refractivity (Wildman–Crippen MR) is 64.6 cm³/mol. The minimum Gasteiger partial charge on any atom is -0.316 e. The third kappa shape index (κ3) is 10.2. The Balaban J connectivity index is 2.91. The van der Waals surface area contributed by atoms with Crippen molar-refractivity contribution in [2.75, 3.05) is 18.8 Å². The molecule has 0 saturated heterocycles. The van der Waals surface area contributed by atoms with Crippen LogP contribution in [0.25, 0.3) is 0 Å². The molecule has 1 atom stereocenters. The Morgan fingerprint density at radius 1 is 1.15 bits per heavy atom. The molecule has 0 spiro atoms. The summed E-state index contributed by atoms with van der Waals surface area (Å²) in [5.41, 5.74) is 0. The van der Waals surface area contributed by atoms with Crippen molar-refractivity contribution in [1.29, 1.82) is 0 Å². The number of thioether (sulfide) groups is 1. The van der Waals surface area contributed by atoms with Crippen LogP contribution in [0.15, 0.2) is 0 Å². The maximum Gasteiger partial charge on any atom is 0.00607 e. The smallest absolute Gasteiger partial charge is 0.00607 e. The van der Waals surface area contributed by atoms with Crippen molar-refractivity contribution in [3.8, 4) is 0 Å². The van der Waals surface area contributed by atoms with Gasteiger partial charge in [-0.25, -0.2) is 0 Å². The third-order valence-electron chi connectivity index (χ3n) is 2.21. The van der Waals surface area contributed by atoms with Gasteiger partial charge in [-0.2, -0.15) is 11.8 Å². The van der Waals surface area contributed by atoms with Gasteiger partial charge in [-0.1, -0.05) is 33.6 Å². The second-order valence-electron chi connectivity index (χ2n) is 3.55. The number of rotatable bonds is 9. The first-order chi connectivity index (χ1) is 6.31. The lowest BCUT2D eigenvalue weighted by Crippen LogP contribution is -2.19. The van der Waals surface area contributed by atoms with Crippen LogP contribution in [-0.2, 0) is 0 Å². The molecule has 0 aromatic rings. The molecule has 0 aliphatic heterocycles. The van der Waals surface area contributed by atoms with Gasteiger partial charge < -0.3 is 5.32 Å². The highest BCUT2D eigenvalue weighted by atomic mass is 32.2. The molecule has 0 bridgehead atoms. The lowest BCUT2D eigenvalue weighted by atomic mass is 10.2. The molecule has 0 heterocycles. The SMILES string of the molecule is CCCCCNCCSC(C)CC. The Hall–Kier alpha value is 0.310. The lowest BCUT2D eigenvalue weighted by Gasteiger charge is -2.08. The molecule has 13 heavy (non-hydrogen) atoms. The van der Waals surface area contributed by atoms with Crippen LogP contribution in [0.4, 0.5) is 0 Å². The van der Waals surface area contributed by atoms with E-state index < -0.39 is 0 Å². The lowest BCUT2D eigenvalue weighted by molar-refractivity contribution is 0.635. The summed E-state index contributed by atoms with van der Waals surface area (Å²) in [7, 11) is 0. The van der Waals surface area contributed by atoms with Gasteiger partial charge in [0.05, 0.1) is 0 Å². The van der Waals surface area contributed by atoms with Crippen LogP contribution in [0.5, 0.6) is 0 Å². The number of hydrogen-bond donors (Lipinski definition) is 1. The summed E-state index contributed by atoms with van der Waals surface area (Å²) in [5.74, 6) is 1.27. The second kappa shape index (κ2) is 10.4. The summed E-state index contributed by atoms with van der Waals surface area (Å²) in [6.45, 7) is 9.19. The highest BCUT2D eigenvalue weighted by Crippen LogP contribution is 2.11. The predicted octanol–water partition coefficient (Wildman–Crippen LogP) is 3.30. The van der Waals surface area contributed by atoms with Crippen molar-refractivity contribution in [2.24, 2.45) is 0 Å². The number of unbranched alkanes of at least 4 members (excludes halogenated alkanes) is 2. The van der Waals surface area contributed by atoms with E-state index in [0.717, 1.165) is 5.25 Å². The summed E-state index contributed by atoms with van der Waals surface area (Å²) in [6, 6.07) is 0. The van der Waals surface area contributed by atoms with Crippen molar-refractivity contribution < 1.29 is 0 Å². The van der Waals surface area contributed by atoms with Crippen molar-refractivity contribution in [2.45, 2.75) is 51.7 Å². The molecule has 0 rings (SSSR count). The van der Waals surface area contributed by atoms with E-state index in [-0.39, 0.29) is 0 Å². The molecule has 1 N–H and O–H groups in total. The van der Waals surface area contributed by atoms with E-state index in [2.05, 4.69) is 37.8 Å². The fourth-order valence-electron chi connectivity index (χ4n) is 1.08. The molecule has 0 aromatic carbocycles. The van der Waals surface area contributed by atoms with Crippen LogP contribution < -0.4 is 5.32 Å². The van der Waals surface area contributed by atoms with Gasteiger partial charge in [-0.3, -0.25) is 0 Å². The molecule has 1 nitrogen and oxygen atoms in total. The van der Waals surface area contributed by atoms with Crippen molar-refractivity contribution in [3.05, 3.63) is 0 Å². The maximum atomic E-state index is 3.48. The second-order valence-corrected chi connectivity index (χ2v) is 5.09. The van der Waals surface area contributed by atoms with Crippen LogP contribution in [0.2, 0.25) is 0 Å². The van der Waals surface area contributed by atoms with E-state index >= 15 is 0 Å². The quantitative estimate of drug-likeness (QED) is 0.577. The Kier molecular flexibility index (Phi) is 10.6. The molecular weight excluding hydrogens is 178 g/mol. The first-order valence-electron chi connectivity index (χ1n) is 5.63. The van der Waals surface area contributed by atoms with Crippen molar-refractivity contribution in [3.63, 3.8) is 0 Å². The largest absolute Gasteiger partial charge is 0.316 e. The minimum absolute atomic E-state index is 0.831. The fourth-order valence-corrected chi connectivity index (χ4v) is 1.98. The standard InChI is InChI=1S/C11H25NS/c1-4-6-7-8-12-9-10-13-11(3)5-2/h11-12H,4-10H2,1-3H3. The summed E-state index contributed by atoms with van der Waals surface area (Å²) < 4.78 is 0. The molecular formula is C11H25NS. The minimum atomic E-state index is 0.831. The fraction of sp³-hybridized carbons (Fsp3) is 1.00. The van der Waals surface area contributed by atoms with E-state index in [9.17, 15) is 0 Å². The van der Waals surface area contributed by atoms with Crippen LogP contribution >= 0.6 is 11.8 Å². The average molecular weight is 203 g/mol. The van der Waals surface area contributed by atoms with E-state index in [4.69, 9.17) is 0 Å². The summed E-state index contributed by atoms with van der Waals surface area (Å²) >= 11 is 2.08. The van der Waals surface area contributed by atoms with Crippen molar-refractivity contribution in [1.82, 2.24) is 5.32 Å². The number of nitrogens with one attached hydrogen (secondary N) is 1. The third-order valence-corrected chi connectivity index (χ3v) is 3.56. The van der Waals surface area contributed by atoms with Gasteiger partial charge in [-0.05, 0) is 19.4 Å². The van der Waals surface area contributed by atoms with Gasteiger partial charge in [0.25, 0.3) is 0 Å². The molecule has 0 fully saturated rings. The van der Waals surface area contributed by atoms with Gasteiger partial charge in [0, 0.05) is 17.5 Å². The zero-order chi connectivity index (χ0) is 9.94. The summed E-state index contributed by atoms with van der Waals surface area (Å²) in [5, 5.41) is 4.31. The highest BCUT2D eigenvalue weighted by molar-refractivity contribution is 7.99. The van der Waals surface area contributed by atoms with E-state index in [1.807, 2.05) is 0 Å². The molecule has 0 amide bonds. The molecule has 0 aromatic heterocycles. The number of hydrogen-bond acceptors (Lipinski definition) is 2. The van der Waals surface area contributed by atoms with E-state index in [1.54, 1.807) is 0 Å². The Morgan fingerprint density at radius 3 is 2.54 bits per heavy atom. The topological polar surface area (TPSA) is 12.0 Å². The van der Waals surface area contributed by atoms with Crippen LogP contribution in [0, 0.1) is 0 Å². The first kappa shape index (κ1) is 13.3. The van der Waals surface area contributed by atoms with Gasteiger partial charge in [-0.15, -0.1) is 0 Å². The maximum absolute atomic E-state index is 3.48. The van der Waals surface area contributed by atoms with E-state index in [0.29, 0.717) is 0 Å². The van der Waals surface area contributed by atoms with Crippen LogP contribution in [-0.4, -0.2) is 24.1 Å². The summed E-state index contributed by atoms with van der Waals surface area (Å²) in [4.78, 5) is 0. The molecule has 80 valence electrons. The summed E-state index contributed by atoms with van der Waals surface area (Å²) in [6.07, 6.45) is 5.32. The van der Waals surface area contributed by atoms with E-state index in [1.165, 1.54) is 44.5 Å². The Morgan fingerprint density at radius 2 is 1.92 bits per heavy atom. The van der Waals surface area contributed by atoms with Crippen molar-refractivity contribution >= 4 is 11.8 Å². The normalized spacial score (nSPS) is 13.2. The zero-order valence-corrected chi connectivity index (χ0v) is 10.3. The first-order valence-corrected chi connectivity index (χ1v) is 6.68. The molecule has 0 saturated carbocycles. The molecule has 2 heteroatoms. The molecule has 0 aliphatic rings. The van der Waals surface area contributed by atoms with Crippen LogP contribution in [0.1, 0.15) is 46.5 Å². The van der Waals surface area contributed by atoms with Gasteiger partial charge in [0.2, 0.25) is 0 Å². The molecule has 1 unspecified atom stereocenters. The Labute approximate surface area is 88.1 Å². The Bertz CT molecular complexity index is 96.1. The van der Waals surface area contributed by atoms with Crippen LogP contribution in [0.3, 0.4) is 0 Å². The average Bonchev–Trinajstić information content (AvgIpc) is 2.16. The molecule has 0 aliphatic carbocycles. The zero-order valence-electron chi connectivity index (χ0n) is 9.44. The van der Waals surface area contributed by atoms with Gasteiger partial charge in [0.1, 0.15) is 0 Å². The highest BCUT2D eigenvalue weighted by Gasteiger charge is 1.97.